The number of rotatable bonds is 7. The first-order valence-electron chi connectivity index (χ1n) is 5.63. The van der Waals surface area contributed by atoms with Gasteiger partial charge in [-0.1, -0.05) is 24.3 Å². The molecule has 1 rings (SSSR count). The van der Waals surface area contributed by atoms with Crippen LogP contribution < -0.4 is 5.73 Å². The standard InChI is InChI=1S/C12H21NO3Si/c1-14-17(15-2,16-3)9-8-11-4-6-12(10-13)7-5-11/h4-7H,8-10,13H2,1-3H3. The van der Waals surface area contributed by atoms with E-state index in [4.69, 9.17) is 19.0 Å². The van der Waals surface area contributed by atoms with Crippen molar-refractivity contribution in [1.29, 1.82) is 0 Å². The predicted molar refractivity (Wildman–Crippen MR) is 69.6 cm³/mol. The SMILES string of the molecule is CO[Si](CCc1ccc(CN)cc1)(OC)OC. The van der Waals surface area contributed by atoms with Crippen LogP contribution in [0.15, 0.2) is 24.3 Å². The van der Waals surface area contributed by atoms with E-state index in [0.29, 0.717) is 6.54 Å². The molecule has 0 aromatic heterocycles. The van der Waals surface area contributed by atoms with E-state index in [1.165, 1.54) is 5.56 Å². The molecule has 0 atom stereocenters. The summed E-state index contributed by atoms with van der Waals surface area (Å²) < 4.78 is 16.1. The van der Waals surface area contributed by atoms with Gasteiger partial charge in [0.25, 0.3) is 0 Å². The summed E-state index contributed by atoms with van der Waals surface area (Å²) in [6.07, 6.45) is 0.882. The highest BCUT2D eigenvalue weighted by Crippen LogP contribution is 2.16. The monoisotopic (exact) mass is 255 g/mol. The van der Waals surface area contributed by atoms with Crippen molar-refractivity contribution in [3.8, 4) is 0 Å². The Balaban J connectivity index is 2.59. The van der Waals surface area contributed by atoms with Crippen molar-refractivity contribution >= 4 is 8.80 Å². The van der Waals surface area contributed by atoms with Crippen LogP contribution in [0.4, 0.5) is 0 Å². The van der Waals surface area contributed by atoms with E-state index in [1.54, 1.807) is 21.3 Å². The van der Waals surface area contributed by atoms with Crippen molar-refractivity contribution in [2.45, 2.75) is 19.0 Å². The lowest BCUT2D eigenvalue weighted by atomic mass is 10.1. The van der Waals surface area contributed by atoms with E-state index in [9.17, 15) is 0 Å². The molecule has 0 fully saturated rings. The van der Waals surface area contributed by atoms with E-state index in [0.717, 1.165) is 18.0 Å². The molecule has 0 spiro atoms. The molecule has 2 N–H and O–H groups in total. The zero-order valence-electron chi connectivity index (χ0n) is 10.7. The molecular weight excluding hydrogens is 234 g/mol. The van der Waals surface area contributed by atoms with Crippen LogP contribution in [0.5, 0.6) is 0 Å². The fourth-order valence-electron chi connectivity index (χ4n) is 1.70. The summed E-state index contributed by atoms with van der Waals surface area (Å²) in [6.45, 7) is 0.577. The zero-order valence-corrected chi connectivity index (χ0v) is 11.7. The number of hydrogen-bond acceptors (Lipinski definition) is 4. The minimum Gasteiger partial charge on any atom is -0.377 e. The maximum Gasteiger partial charge on any atom is 0.500 e. The highest BCUT2D eigenvalue weighted by Gasteiger charge is 2.36. The van der Waals surface area contributed by atoms with E-state index in [-0.39, 0.29) is 0 Å². The van der Waals surface area contributed by atoms with E-state index >= 15 is 0 Å². The molecule has 4 nitrogen and oxygen atoms in total. The third-order valence-electron chi connectivity index (χ3n) is 2.91. The van der Waals surface area contributed by atoms with Gasteiger partial charge in [0.2, 0.25) is 0 Å². The minimum absolute atomic E-state index is 0.577. The van der Waals surface area contributed by atoms with Crippen molar-refractivity contribution in [3.63, 3.8) is 0 Å². The number of nitrogens with two attached hydrogens (primary N) is 1. The van der Waals surface area contributed by atoms with Gasteiger partial charge in [-0.15, -0.1) is 0 Å². The van der Waals surface area contributed by atoms with Crippen molar-refractivity contribution in [2.75, 3.05) is 21.3 Å². The normalized spacial score (nSPS) is 11.8. The second-order valence-electron chi connectivity index (χ2n) is 3.82. The molecule has 0 saturated heterocycles. The summed E-state index contributed by atoms with van der Waals surface area (Å²) >= 11 is 0. The van der Waals surface area contributed by atoms with Crippen LogP contribution in [0.2, 0.25) is 6.04 Å². The first-order chi connectivity index (χ1) is 8.19. The average Bonchev–Trinajstić information content (AvgIpc) is 2.41. The molecule has 0 unspecified atom stereocenters. The second kappa shape index (κ2) is 6.88. The Morgan fingerprint density at radius 1 is 0.941 bits per heavy atom. The summed E-state index contributed by atoms with van der Waals surface area (Å²) in [7, 11) is 2.46. The maximum atomic E-state index is 5.55. The summed E-state index contributed by atoms with van der Waals surface area (Å²) in [5, 5.41) is 0. The van der Waals surface area contributed by atoms with E-state index < -0.39 is 8.80 Å². The molecule has 0 saturated carbocycles. The Hall–Kier alpha value is -0.723. The molecule has 1 aromatic carbocycles. The van der Waals surface area contributed by atoms with Gasteiger partial charge in [0.15, 0.2) is 0 Å². The van der Waals surface area contributed by atoms with Gasteiger partial charge >= 0.3 is 8.80 Å². The van der Waals surface area contributed by atoms with E-state index in [1.807, 2.05) is 12.1 Å². The maximum absolute atomic E-state index is 5.55. The average molecular weight is 255 g/mol. The first-order valence-corrected chi connectivity index (χ1v) is 7.56. The van der Waals surface area contributed by atoms with Crippen molar-refractivity contribution in [1.82, 2.24) is 0 Å². The van der Waals surface area contributed by atoms with Crippen LogP contribution in [-0.2, 0) is 26.2 Å². The molecule has 96 valence electrons. The lowest BCUT2D eigenvalue weighted by Gasteiger charge is -2.24. The summed E-state index contributed by atoms with van der Waals surface area (Å²) in [6, 6.07) is 9.04. The van der Waals surface area contributed by atoms with Gasteiger partial charge in [-0.2, -0.15) is 0 Å². The van der Waals surface area contributed by atoms with Crippen LogP contribution in [0.3, 0.4) is 0 Å². The molecule has 5 heteroatoms. The van der Waals surface area contributed by atoms with Gasteiger partial charge in [-0.05, 0) is 17.5 Å². The molecule has 0 heterocycles. The lowest BCUT2D eigenvalue weighted by Crippen LogP contribution is -2.43. The fourth-order valence-corrected chi connectivity index (χ4v) is 3.40. The molecule has 0 radical (unpaired) electrons. The van der Waals surface area contributed by atoms with Gasteiger partial charge in [0, 0.05) is 33.9 Å². The number of benzene rings is 1. The molecular formula is C12H21NO3Si. The van der Waals surface area contributed by atoms with E-state index in [2.05, 4.69) is 12.1 Å². The van der Waals surface area contributed by atoms with Crippen LogP contribution in [0.1, 0.15) is 11.1 Å². The van der Waals surface area contributed by atoms with Crippen LogP contribution in [-0.4, -0.2) is 30.1 Å². The van der Waals surface area contributed by atoms with Crippen LogP contribution in [0.25, 0.3) is 0 Å². The Bertz CT molecular complexity index is 317. The van der Waals surface area contributed by atoms with Crippen molar-refractivity contribution < 1.29 is 13.3 Å². The predicted octanol–water partition coefficient (Wildman–Crippen LogP) is 1.57. The summed E-state index contributed by atoms with van der Waals surface area (Å²) in [4.78, 5) is 0. The topological polar surface area (TPSA) is 53.7 Å². The minimum atomic E-state index is -2.45. The smallest absolute Gasteiger partial charge is 0.377 e. The highest BCUT2D eigenvalue weighted by atomic mass is 28.4. The molecule has 0 aliphatic heterocycles. The van der Waals surface area contributed by atoms with Gasteiger partial charge in [0.1, 0.15) is 0 Å². The first kappa shape index (κ1) is 14.3. The Morgan fingerprint density at radius 3 is 1.82 bits per heavy atom. The molecule has 17 heavy (non-hydrogen) atoms. The molecule has 1 aromatic rings. The quantitative estimate of drug-likeness (QED) is 0.751. The Labute approximate surface area is 104 Å². The molecule has 0 aliphatic carbocycles. The number of hydrogen-bond donors (Lipinski definition) is 1. The third-order valence-corrected chi connectivity index (χ3v) is 5.64. The van der Waals surface area contributed by atoms with Gasteiger partial charge in [-0.3, -0.25) is 0 Å². The fraction of sp³-hybridized carbons (Fsp3) is 0.500. The Morgan fingerprint density at radius 2 is 1.41 bits per heavy atom. The second-order valence-corrected chi connectivity index (χ2v) is 6.91. The van der Waals surface area contributed by atoms with Crippen LogP contribution in [0, 0.1) is 0 Å². The highest BCUT2D eigenvalue weighted by molar-refractivity contribution is 6.60. The van der Waals surface area contributed by atoms with Crippen LogP contribution >= 0.6 is 0 Å². The van der Waals surface area contributed by atoms with Crippen molar-refractivity contribution in [3.05, 3.63) is 35.4 Å². The largest absolute Gasteiger partial charge is 0.500 e. The molecule has 0 amide bonds. The number of aryl methyl sites for hydroxylation is 1. The van der Waals surface area contributed by atoms with Gasteiger partial charge in [-0.25, -0.2) is 0 Å². The lowest BCUT2D eigenvalue weighted by molar-refractivity contribution is 0.123. The van der Waals surface area contributed by atoms with Gasteiger partial charge < -0.3 is 19.0 Å². The third kappa shape index (κ3) is 3.90. The van der Waals surface area contributed by atoms with Gasteiger partial charge in [0.05, 0.1) is 0 Å². The molecule has 0 aliphatic rings. The summed E-state index contributed by atoms with van der Waals surface area (Å²) in [5.74, 6) is 0. The van der Waals surface area contributed by atoms with Crippen molar-refractivity contribution in [2.24, 2.45) is 5.73 Å². The summed E-state index contributed by atoms with van der Waals surface area (Å²) in [5.41, 5.74) is 7.94. The zero-order chi connectivity index (χ0) is 12.7. The Kier molecular flexibility index (Phi) is 5.80. The molecule has 0 bridgehead atoms.